The van der Waals surface area contributed by atoms with Gasteiger partial charge in [-0.25, -0.2) is 9.97 Å². The minimum absolute atomic E-state index is 0.0935. The second-order valence-electron chi connectivity index (χ2n) is 12.2. The van der Waals surface area contributed by atoms with E-state index in [4.69, 9.17) is 19.4 Å². The lowest BCUT2D eigenvalue weighted by atomic mass is 10.1. The summed E-state index contributed by atoms with van der Waals surface area (Å²) in [7, 11) is 0. The van der Waals surface area contributed by atoms with Crippen LogP contribution in [0.4, 0.5) is 0 Å². The van der Waals surface area contributed by atoms with Gasteiger partial charge < -0.3 is 19.4 Å². The fourth-order valence-corrected chi connectivity index (χ4v) is 8.43. The first-order valence-corrected chi connectivity index (χ1v) is 17.9. The smallest absolute Gasteiger partial charge is 0.259 e. The number of rotatable bonds is 10. The van der Waals surface area contributed by atoms with E-state index in [1.165, 1.54) is 22.7 Å². The van der Waals surface area contributed by atoms with Gasteiger partial charge in [-0.2, -0.15) is 0 Å². The molecule has 0 spiro atoms. The van der Waals surface area contributed by atoms with E-state index >= 15 is 0 Å². The van der Waals surface area contributed by atoms with Gasteiger partial charge >= 0.3 is 0 Å². The minimum Gasteiger partial charge on any atom is -0.494 e. The molecule has 0 amide bonds. The van der Waals surface area contributed by atoms with E-state index in [0.717, 1.165) is 49.9 Å². The van der Waals surface area contributed by atoms with Crippen LogP contribution in [0.25, 0.3) is 41.3 Å². The Balaban J connectivity index is 1.17. The molecule has 1 aliphatic heterocycles. The second kappa shape index (κ2) is 13.1. The number of hydrogen-bond acceptors (Lipinski definition) is 9. The van der Waals surface area contributed by atoms with Gasteiger partial charge in [0.15, 0.2) is 0 Å². The van der Waals surface area contributed by atoms with E-state index in [2.05, 4.69) is 27.9 Å². The number of aromatic amines is 2. The number of aromatic nitrogens is 4. The Bertz CT molecular complexity index is 2280. The van der Waals surface area contributed by atoms with E-state index in [1.54, 1.807) is 0 Å². The molecule has 7 aromatic rings. The number of fused-ring (bicyclic) bond motifs is 3. The molecule has 2 N–H and O–H groups in total. The maximum Gasteiger partial charge on any atom is 0.259 e. The van der Waals surface area contributed by atoms with Crippen LogP contribution in [0.3, 0.4) is 0 Å². The fraction of sp³-hybridized carbons (Fsp3) is 0.211. The van der Waals surface area contributed by atoms with Crippen LogP contribution in [-0.2, 0) is 26.1 Å². The molecule has 1 atom stereocenters. The highest BCUT2D eigenvalue weighted by Crippen LogP contribution is 2.37. The van der Waals surface area contributed by atoms with Crippen molar-refractivity contribution in [1.29, 1.82) is 0 Å². The molecule has 0 unspecified atom stereocenters. The second-order valence-corrected chi connectivity index (χ2v) is 14.3. The van der Waals surface area contributed by atoms with Crippen LogP contribution in [0.15, 0.2) is 94.5 Å². The first-order valence-electron chi connectivity index (χ1n) is 16.2. The quantitative estimate of drug-likeness (QED) is 0.153. The van der Waals surface area contributed by atoms with E-state index in [1.807, 2.05) is 85.8 Å². The lowest BCUT2D eigenvalue weighted by Crippen LogP contribution is -2.27. The zero-order valence-corrected chi connectivity index (χ0v) is 28.6. The summed E-state index contributed by atoms with van der Waals surface area (Å²) in [4.78, 5) is 48.0. The van der Waals surface area contributed by atoms with Crippen molar-refractivity contribution in [3.8, 4) is 32.4 Å². The Kier molecular flexibility index (Phi) is 8.32. The van der Waals surface area contributed by atoms with Gasteiger partial charge in [0.25, 0.3) is 11.1 Å². The Hall–Kier alpha value is -5.10. The molecule has 11 heteroatoms. The molecule has 0 fully saturated rings. The van der Waals surface area contributed by atoms with Gasteiger partial charge in [0.05, 0.1) is 30.5 Å². The zero-order chi connectivity index (χ0) is 33.5. The number of benzene rings is 3. The van der Waals surface area contributed by atoms with Crippen LogP contribution in [0.2, 0.25) is 0 Å². The third-order valence-corrected chi connectivity index (χ3v) is 10.7. The number of nitrogens with zero attached hydrogens (tertiary/aromatic N) is 3. The molecule has 9 nitrogen and oxygen atoms in total. The van der Waals surface area contributed by atoms with Crippen molar-refractivity contribution in [2.75, 3.05) is 6.61 Å². The summed E-state index contributed by atoms with van der Waals surface area (Å²) in [6.45, 7) is 5.57. The normalized spacial score (nSPS) is 14.1. The predicted octanol–water partition coefficient (Wildman–Crippen LogP) is 7.54. The SMILES string of the molecule is CCOc1cc2c(cc1CN(Cc1nc3sc(-c4ccccc4)cc3c(=O)[nH]1)Cc1nc3sc(-c4ccccc4)cc3c(=O)[nH]1)O[C@H](C)C2. The summed E-state index contributed by atoms with van der Waals surface area (Å²) in [5, 5.41) is 1.12. The molecule has 0 saturated carbocycles. The van der Waals surface area contributed by atoms with Crippen molar-refractivity contribution in [3.63, 3.8) is 0 Å². The largest absolute Gasteiger partial charge is 0.494 e. The molecule has 3 aromatic carbocycles. The highest BCUT2D eigenvalue weighted by Gasteiger charge is 2.24. The number of ether oxygens (including phenoxy) is 2. The fourth-order valence-electron chi connectivity index (χ4n) is 6.32. The van der Waals surface area contributed by atoms with Crippen LogP contribution < -0.4 is 20.6 Å². The predicted molar refractivity (Wildman–Crippen MR) is 196 cm³/mol. The third kappa shape index (κ3) is 6.40. The summed E-state index contributed by atoms with van der Waals surface area (Å²) >= 11 is 2.99. The lowest BCUT2D eigenvalue weighted by molar-refractivity contribution is 0.228. The molecule has 1 aliphatic rings. The Labute approximate surface area is 289 Å². The molecule has 246 valence electrons. The zero-order valence-electron chi connectivity index (χ0n) is 27.0. The molecule has 0 aliphatic carbocycles. The Morgan fingerprint density at radius 1 is 0.796 bits per heavy atom. The van der Waals surface area contributed by atoms with Gasteiger partial charge in [0.2, 0.25) is 0 Å². The van der Waals surface area contributed by atoms with Crippen LogP contribution in [0.1, 0.15) is 36.6 Å². The molecular formula is C38H33N5O4S2. The Morgan fingerprint density at radius 2 is 1.35 bits per heavy atom. The van der Waals surface area contributed by atoms with Crippen LogP contribution in [0, 0.1) is 0 Å². The summed E-state index contributed by atoms with van der Waals surface area (Å²) < 4.78 is 12.2. The summed E-state index contributed by atoms with van der Waals surface area (Å²) in [5.74, 6) is 2.68. The van der Waals surface area contributed by atoms with E-state index in [-0.39, 0.29) is 17.2 Å². The third-order valence-electron chi connectivity index (χ3n) is 8.54. The first kappa shape index (κ1) is 31.2. The lowest BCUT2D eigenvalue weighted by Gasteiger charge is -2.23. The number of hydrogen-bond donors (Lipinski definition) is 2. The highest BCUT2D eigenvalue weighted by atomic mass is 32.1. The monoisotopic (exact) mass is 687 g/mol. The summed E-state index contributed by atoms with van der Waals surface area (Å²) in [6.07, 6.45) is 0.920. The minimum atomic E-state index is -0.187. The molecule has 5 heterocycles. The molecule has 4 aromatic heterocycles. The van der Waals surface area contributed by atoms with Gasteiger partial charge in [-0.3, -0.25) is 14.5 Å². The highest BCUT2D eigenvalue weighted by molar-refractivity contribution is 7.22. The number of nitrogens with one attached hydrogen (secondary N) is 2. The summed E-state index contributed by atoms with van der Waals surface area (Å²) in [6, 6.07) is 27.9. The topological polar surface area (TPSA) is 113 Å². The van der Waals surface area contributed by atoms with Gasteiger partial charge in [-0.1, -0.05) is 60.7 Å². The molecular weight excluding hydrogens is 655 g/mol. The van der Waals surface area contributed by atoms with Crippen LogP contribution in [-0.4, -0.2) is 37.5 Å². The molecule has 0 bridgehead atoms. The van der Waals surface area contributed by atoms with Gasteiger partial charge in [0.1, 0.15) is 38.9 Å². The van der Waals surface area contributed by atoms with Crippen molar-refractivity contribution in [1.82, 2.24) is 24.8 Å². The van der Waals surface area contributed by atoms with Gasteiger partial charge in [-0.05, 0) is 49.2 Å². The maximum atomic E-state index is 13.3. The molecule has 0 saturated heterocycles. The van der Waals surface area contributed by atoms with E-state index < -0.39 is 0 Å². The Morgan fingerprint density at radius 3 is 1.88 bits per heavy atom. The van der Waals surface area contributed by atoms with Gasteiger partial charge in [-0.15, -0.1) is 22.7 Å². The van der Waals surface area contributed by atoms with Crippen molar-refractivity contribution in [2.24, 2.45) is 0 Å². The number of thiophene rings is 2. The maximum absolute atomic E-state index is 13.3. The van der Waals surface area contributed by atoms with Crippen LogP contribution >= 0.6 is 22.7 Å². The average molecular weight is 688 g/mol. The average Bonchev–Trinajstić information content (AvgIpc) is 3.82. The van der Waals surface area contributed by atoms with Crippen molar-refractivity contribution >= 4 is 43.1 Å². The standard InChI is InChI=1S/C38H33N5O4S2/c1-3-46-29-15-25-14-22(2)47-30(25)16-26(29)19-43(20-33-39-35(44)27-17-31(48-37(27)41-33)23-10-6-4-7-11-23)21-34-40-36(45)28-18-32(49-38(28)42-34)24-12-8-5-9-13-24/h4-13,15-18,22H,3,14,19-21H2,1-2H3,(H,39,41,44)(H,40,42,45)/t22-/m1/s1. The molecule has 0 radical (unpaired) electrons. The van der Waals surface area contributed by atoms with Crippen molar-refractivity contribution in [2.45, 2.75) is 46.0 Å². The van der Waals surface area contributed by atoms with Crippen molar-refractivity contribution < 1.29 is 9.47 Å². The van der Waals surface area contributed by atoms with E-state index in [0.29, 0.717) is 58.3 Å². The summed E-state index contributed by atoms with van der Waals surface area (Å²) in [5.41, 5.74) is 3.77. The number of H-pyrrole nitrogens is 2. The molecule has 8 rings (SSSR count). The molecule has 49 heavy (non-hydrogen) atoms. The van der Waals surface area contributed by atoms with Gasteiger partial charge in [0, 0.05) is 33.8 Å². The first-order chi connectivity index (χ1) is 23.9. The van der Waals surface area contributed by atoms with E-state index in [9.17, 15) is 9.59 Å². The van der Waals surface area contributed by atoms with Crippen LogP contribution in [0.5, 0.6) is 11.5 Å². The van der Waals surface area contributed by atoms with Crippen molar-refractivity contribution in [3.05, 3.63) is 128 Å².